The summed E-state index contributed by atoms with van der Waals surface area (Å²) in [5.41, 5.74) is 1.10. The van der Waals surface area contributed by atoms with E-state index in [0.29, 0.717) is 24.4 Å². The minimum absolute atomic E-state index is 0.0150. The molecule has 20 heavy (non-hydrogen) atoms. The fourth-order valence-corrected chi connectivity index (χ4v) is 1.99. The number of hydrogen-bond acceptors (Lipinski definition) is 5. The fourth-order valence-electron chi connectivity index (χ4n) is 1.99. The number of rotatable bonds is 8. The molecule has 0 aromatic heterocycles. The van der Waals surface area contributed by atoms with E-state index in [1.165, 1.54) is 18.9 Å². The molecule has 0 atom stereocenters. The van der Waals surface area contributed by atoms with Crippen LogP contribution in [-0.2, 0) is 11.3 Å². The quantitative estimate of drug-likeness (QED) is 0.447. The molecule has 0 unspecified atom stereocenters. The summed E-state index contributed by atoms with van der Waals surface area (Å²) in [6, 6.07) is 4.78. The highest BCUT2D eigenvalue weighted by molar-refractivity contribution is 5.63. The molecule has 0 aliphatic heterocycles. The molecule has 0 amide bonds. The molecule has 6 heteroatoms. The topological polar surface area (TPSA) is 75.8 Å². The van der Waals surface area contributed by atoms with Crippen molar-refractivity contribution in [3.8, 4) is 0 Å². The van der Waals surface area contributed by atoms with Gasteiger partial charge in [-0.05, 0) is 30.4 Å². The lowest BCUT2D eigenvalue weighted by atomic mass is 10.1. The van der Waals surface area contributed by atoms with Gasteiger partial charge in [-0.3, -0.25) is 10.1 Å². The number of aliphatic hydroxyl groups excluding tert-OH is 1. The summed E-state index contributed by atoms with van der Waals surface area (Å²) >= 11 is 0. The summed E-state index contributed by atoms with van der Waals surface area (Å²) in [7, 11) is 1.81. The molecular weight excluding hydrogens is 260 g/mol. The molecule has 1 aliphatic rings. The van der Waals surface area contributed by atoms with E-state index in [0.717, 1.165) is 12.5 Å². The van der Waals surface area contributed by atoms with Gasteiger partial charge >= 0.3 is 0 Å². The molecule has 1 N–H and O–H groups in total. The van der Waals surface area contributed by atoms with Crippen molar-refractivity contribution < 1.29 is 14.8 Å². The van der Waals surface area contributed by atoms with Gasteiger partial charge in [-0.2, -0.15) is 0 Å². The first-order chi connectivity index (χ1) is 9.61. The van der Waals surface area contributed by atoms with Crippen molar-refractivity contribution >= 4 is 11.4 Å². The largest absolute Gasteiger partial charge is 0.392 e. The number of nitro benzene ring substituents is 1. The third-order valence-corrected chi connectivity index (χ3v) is 3.45. The van der Waals surface area contributed by atoms with Crippen LogP contribution in [0.3, 0.4) is 0 Å². The van der Waals surface area contributed by atoms with Crippen LogP contribution in [0.4, 0.5) is 11.4 Å². The van der Waals surface area contributed by atoms with Crippen LogP contribution in [-0.4, -0.2) is 36.8 Å². The molecule has 2 rings (SSSR count). The Kier molecular flexibility index (Phi) is 4.92. The van der Waals surface area contributed by atoms with Crippen LogP contribution in [0, 0.1) is 16.0 Å². The van der Waals surface area contributed by atoms with E-state index in [1.807, 2.05) is 4.90 Å². The fraction of sp³-hybridized carbons (Fsp3) is 0.571. The first kappa shape index (κ1) is 14.7. The Morgan fingerprint density at radius 2 is 2.25 bits per heavy atom. The average molecular weight is 280 g/mol. The maximum atomic E-state index is 11.1. The number of ether oxygens (including phenoxy) is 1. The Morgan fingerprint density at radius 1 is 1.50 bits per heavy atom. The second kappa shape index (κ2) is 6.67. The highest BCUT2D eigenvalue weighted by atomic mass is 16.6. The number of hydrogen-bond donors (Lipinski definition) is 1. The van der Waals surface area contributed by atoms with Crippen LogP contribution in [0.1, 0.15) is 18.4 Å². The third kappa shape index (κ3) is 3.91. The number of nitro groups is 1. The number of anilines is 1. The lowest BCUT2D eigenvalue weighted by molar-refractivity contribution is -0.384. The molecule has 1 aliphatic carbocycles. The van der Waals surface area contributed by atoms with Crippen LogP contribution in [0.5, 0.6) is 0 Å². The monoisotopic (exact) mass is 280 g/mol. The molecule has 1 fully saturated rings. The molecule has 110 valence electrons. The molecule has 1 aromatic carbocycles. The van der Waals surface area contributed by atoms with E-state index in [2.05, 4.69) is 0 Å². The summed E-state index contributed by atoms with van der Waals surface area (Å²) in [5.74, 6) is 0.721. The van der Waals surface area contributed by atoms with Crippen molar-refractivity contribution in [3.63, 3.8) is 0 Å². The predicted octanol–water partition coefficient (Wildman–Crippen LogP) is 1.95. The Balaban J connectivity index is 1.95. The number of aliphatic hydroxyl groups is 1. The molecule has 1 saturated carbocycles. The van der Waals surface area contributed by atoms with Gasteiger partial charge in [0.15, 0.2) is 0 Å². The molecule has 0 heterocycles. The van der Waals surface area contributed by atoms with Crippen LogP contribution in [0.15, 0.2) is 18.2 Å². The summed E-state index contributed by atoms with van der Waals surface area (Å²) < 4.78 is 5.54. The zero-order valence-corrected chi connectivity index (χ0v) is 11.6. The van der Waals surface area contributed by atoms with Crippen molar-refractivity contribution in [2.45, 2.75) is 19.4 Å². The second-order valence-corrected chi connectivity index (χ2v) is 5.18. The molecule has 0 bridgehead atoms. The maximum Gasteiger partial charge on any atom is 0.292 e. The van der Waals surface area contributed by atoms with Crippen LogP contribution in [0.2, 0.25) is 0 Å². The number of likely N-dealkylation sites (N-methyl/N-ethyl adjacent to an activating group) is 1. The Bertz CT molecular complexity index is 474. The molecular formula is C14H20N2O4. The number of nitrogens with zero attached hydrogens (tertiary/aromatic N) is 2. The van der Waals surface area contributed by atoms with Gasteiger partial charge in [0.05, 0.1) is 18.1 Å². The van der Waals surface area contributed by atoms with Gasteiger partial charge in [-0.25, -0.2) is 0 Å². The first-order valence-corrected chi connectivity index (χ1v) is 6.79. The van der Waals surface area contributed by atoms with Gasteiger partial charge in [0.1, 0.15) is 5.69 Å². The molecule has 6 nitrogen and oxygen atoms in total. The summed E-state index contributed by atoms with van der Waals surface area (Å²) in [6.45, 7) is 1.76. The highest BCUT2D eigenvalue weighted by Crippen LogP contribution is 2.29. The Morgan fingerprint density at radius 3 is 2.85 bits per heavy atom. The zero-order chi connectivity index (χ0) is 14.5. The van der Waals surface area contributed by atoms with E-state index >= 15 is 0 Å². The molecule has 1 aromatic rings. The van der Waals surface area contributed by atoms with Gasteiger partial charge in [0, 0.05) is 26.3 Å². The van der Waals surface area contributed by atoms with Gasteiger partial charge in [-0.1, -0.05) is 6.07 Å². The van der Waals surface area contributed by atoms with Gasteiger partial charge in [0.25, 0.3) is 5.69 Å². The Labute approximate surface area is 118 Å². The van der Waals surface area contributed by atoms with E-state index in [9.17, 15) is 10.1 Å². The van der Waals surface area contributed by atoms with Crippen molar-refractivity contribution in [2.24, 2.45) is 5.92 Å². The van der Waals surface area contributed by atoms with E-state index in [-0.39, 0.29) is 12.3 Å². The standard InChI is InChI=1S/C14H20N2O4/c1-15(6-7-20-10-11-2-3-11)13-5-4-12(9-17)8-14(13)16(18)19/h4-5,8,11,17H,2-3,6-7,9-10H2,1H3. The molecule has 0 spiro atoms. The van der Waals surface area contributed by atoms with Crippen molar-refractivity contribution in [1.29, 1.82) is 0 Å². The van der Waals surface area contributed by atoms with E-state index < -0.39 is 4.92 Å². The van der Waals surface area contributed by atoms with Crippen molar-refractivity contribution in [3.05, 3.63) is 33.9 Å². The van der Waals surface area contributed by atoms with E-state index in [1.54, 1.807) is 19.2 Å². The second-order valence-electron chi connectivity index (χ2n) is 5.18. The normalized spacial score (nSPS) is 14.3. The zero-order valence-electron chi connectivity index (χ0n) is 11.6. The summed E-state index contributed by atoms with van der Waals surface area (Å²) in [4.78, 5) is 12.5. The van der Waals surface area contributed by atoms with Crippen molar-refractivity contribution in [2.75, 3.05) is 31.7 Å². The predicted molar refractivity (Wildman–Crippen MR) is 75.8 cm³/mol. The van der Waals surface area contributed by atoms with Crippen molar-refractivity contribution in [1.82, 2.24) is 0 Å². The highest BCUT2D eigenvalue weighted by Gasteiger charge is 2.21. The molecule has 0 radical (unpaired) electrons. The average Bonchev–Trinajstić information content (AvgIpc) is 3.26. The van der Waals surface area contributed by atoms with Gasteiger partial charge in [0.2, 0.25) is 0 Å². The minimum Gasteiger partial charge on any atom is -0.392 e. The van der Waals surface area contributed by atoms with Gasteiger partial charge < -0.3 is 14.7 Å². The van der Waals surface area contributed by atoms with Crippen LogP contribution < -0.4 is 4.90 Å². The van der Waals surface area contributed by atoms with Crippen LogP contribution in [0.25, 0.3) is 0 Å². The SMILES string of the molecule is CN(CCOCC1CC1)c1ccc(CO)cc1[N+](=O)[O-]. The first-order valence-electron chi connectivity index (χ1n) is 6.79. The van der Waals surface area contributed by atoms with E-state index in [4.69, 9.17) is 9.84 Å². The lowest BCUT2D eigenvalue weighted by Gasteiger charge is -2.19. The minimum atomic E-state index is -0.421. The molecule has 0 saturated heterocycles. The Hall–Kier alpha value is -1.66. The van der Waals surface area contributed by atoms with Gasteiger partial charge in [-0.15, -0.1) is 0 Å². The third-order valence-electron chi connectivity index (χ3n) is 3.45. The maximum absolute atomic E-state index is 11.1. The smallest absolute Gasteiger partial charge is 0.292 e. The van der Waals surface area contributed by atoms with Crippen LogP contribution >= 0.6 is 0 Å². The number of benzene rings is 1. The lowest BCUT2D eigenvalue weighted by Crippen LogP contribution is -2.23. The summed E-state index contributed by atoms with van der Waals surface area (Å²) in [6.07, 6.45) is 2.51. The summed E-state index contributed by atoms with van der Waals surface area (Å²) in [5, 5.41) is 20.1.